The van der Waals surface area contributed by atoms with Gasteiger partial charge in [-0.15, -0.1) is 0 Å². The highest BCUT2D eigenvalue weighted by atomic mass is 35.5. The number of aromatic nitrogens is 2. The highest BCUT2D eigenvalue weighted by molar-refractivity contribution is 6.30. The monoisotopic (exact) mass is 434 g/mol. The quantitative estimate of drug-likeness (QED) is 0.681. The molecule has 2 N–H and O–H groups in total. The Hall–Kier alpha value is -2.29. The smallest absolute Gasteiger partial charge is 0.266 e. The second kappa shape index (κ2) is 8.45. The number of aryl methyl sites for hydroxylation is 1. The molecule has 0 spiro atoms. The molecule has 1 amide bonds. The van der Waals surface area contributed by atoms with Crippen molar-refractivity contribution in [2.24, 2.45) is 0 Å². The highest BCUT2D eigenvalue weighted by Gasteiger charge is 2.51. The first-order chi connectivity index (χ1) is 14.4. The fraction of sp³-hybridized carbons (Fsp3) is 0.476. The van der Waals surface area contributed by atoms with Crippen molar-refractivity contribution in [2.45, 2.75) is 43.7 Å². The number of hydrogen-bond acceptors (Lipinski definition) is 5. The van der Waals surface area contributed by atoms with E-state index in [0.717, 1.165) is 25.9 Å². The van der Waals surface area contributed by atoms with Gasteiger partial charge in [0.1, 0.15) is 5.82 Å². The van der Waals surface area contributed by atoms with Gasteiger partial charge in [-0.05, 0) is 56.1 Å². The average molecular weight is 435 g/mol. The Morgan fingerprint density at radius 3 is 2.83 bits per heavy atom. The van der Waals surface area contributed by atoms with E-state index in [4.69, 9.17) is 11.6 Å². The summed E-state index contributed by atoms with van der Waals surface area (Å²) in [6.07, 6.45) is 5.46. The molecule has 1 aromatic carbocycles. The Balaban J connectivity index is 1.42. The zero-order valence-electron chi connectivity index (χ0n) is 16.5. The number of anilines is 1. The molecule has 3 heterocycles. The molecule has 4 rings (SSSR count). The maximum absolute atomic E-state index is 13.5. The molecule has 9 heteroatoms. The Morgan fingerprint density at radius 2 is 2.10 bits per heavy atom. The number of piperidine rings is 1. The summed E-state index contributed by atoms with van der Waals surface area (Å²) in [7, 11) is 0. The van der Waals surface area contributed by atoms with Gasteiger partial charge in [-0.25, -0.2) is 4.39 Å². The third kappa shape index (κ3) is 4.12. The van der Waals surface area contributed by atoms with Crippen molar-refractivity contribution in [3.05, 3.63) is 47.0 Å². The molecule has 0 aliphatic carbocycles. The summed E-state index contributed by atoms with van der Waals surface area (Å²) in [5, 5.41) is 18.8. The van der Waals surface area contributed by atoms with E-state index in [0.29, 0.717) is 11.3 Å². The van der Waals surface area contributed by atoms with Crippen LogP contribution >= 0.6 is 11.6 Å². The third-order valence-electron chi connectivity index (χ3n) is 5.90. The minimum atomic E-state index is -2.06. The molecule has 2 aliphatic rings. The summed E-state index contributed by atoms with van der Waals surface area (Å²) in [5.74, 6) is -1.69. The number of ketones is 1. The lowest BCUT2D eigenvalue weighted by Crippen LogP contribution is -2.47. The van der Waals surface area contributed by atoms with Crippen LogP contribution in [-0.4, -0.2) is 51.8 Å². The second-order valence-electron chi connectivity index (χ2n) is 7.93. The van der Waals surface area contributed by atoms with E-state index in [2.05, 4.69) is 10.4 Å². The van der Waals surface area contributed by atoms with E-state index in [1.54, 1.807) is 18.5 Å². The van der Waals surface area contributed by atoms with Crippen LogP contribution in [0.25, 0.3) is 0 Å². The van der Waals surface area contributed by atoms with Gasteiger partial charge in [-0.2, -0.15) is 5.10 Å². The lowest BCUT2D eigenvalue weighted by Gasteiger charge is -2.23. The maximum atomic E-state index is 13.5. The van der Waals surface area contributed by atoms with Gasteiger partial charge >= 0.3 is 0 Å². The molecule has 1 aromatic heterocycles. The van der Waals surface area contributed by atoms with Gasteiger partial charge in [-0.3, -0.25) is 14.3 Å². The molecule has 2 aliphatic heterocycles. The van der Waals surface area contributed by atoms with Gasteiger partial charge in [0.05, 0.1) is 17.9 Å². The van der Waals surface area contributed by atoms with Gasteiger partial charge in [0.2, 0.25) is 5.60 Å². The van der Waals surface area contributed by atoms with Gasteiger partial charge in [0, 0.05) is 30.6 Å². The van der Waals surface area contributed by atoms with Crippen LogP contribution in [0.3, 0.4) is 0 Å². The van der Waals surface area contributed by atoms with Crippen molar-refractivity contribution in [3.63, 3.8) is 0 Å². The number of aliphatic hydroxyl groups is 1. The van der Waals surface area contributed by atoms with E-state index in [1.165, 1.54) is 17.0 Å². The summed E-state index contributed by atoms with van der Waals surface area (Å²) in [6, 6.07) is 4.32. The predicted octanol–water partition coefficient (Wildman–Crippen LogP) is 2.27. The number of nitrogens with zero attached hydrogens (tertiary/aromatic N) is 3. The van der Waals surface area contributed by atoms with Gasteiger partial charge < -0.3 is 15.3 Å². The van der Waals surface area contributed by atoms with Gasteiger partial charge in [0.15, 0.2) is 5.78 Å². The maximum Gasteiger partial charge on any atom is 0.266 e. The third-order valence-corrected chi connectivity index (χ3v) is 6.12. The molecule has 2 aromatic rings. The summed E-state index contributed by atoms with van der Waals surface area (Å²) in [6.45, 7) is 2.09. The molecule has 2 saturated heterocycles. The largest absolute Gasteiger partial charge is 0.373 e. The lowest BCUT2D eigenvalue weighted by atomic mass is 9.92. The van der Waals surface area contributed by atoms with E-state index in [1.807, 2.05) is 4.68 Å². The number of carbonyl (C=O) groups excluding carboxylic acids is 2. The van der Waals surface area contributed by atoms with Crippen molar-refractivity contribution in [2.75, 3.05) is 24.5 Å². The second-order valence-corrected chi connectivity index (χ2v) is 8.36. The standard InChI is InChI=1S/C21H24ClFN4O3/c22-15-9-14(10-16(23)11-15)1-2-19(28)21(30)5-8-26(20(21)29)18-12-25-27(13-18)17-3-6-24-7-4-17/h9-13,17,24,30H,1-8H2. The summed E-state index contributed by atoms with van der Waals surface area (Å²) >= 11 is 5.84. The van der Waals surface area contributed by atoms with Gasteiger partial charge in [0.25, 0.3) is 5.91 Å². The van der Waals surface area contributed by atoms with Crippen LogP contribution in [-0.2, 0) is 16.0 Å². The van der Waals surface area contributed by atoms with E-state index >= 15 is 0 Å². The van der Waals surface area contributed by atoms with Crippen molar-refractivity contribution < 1.29 is 19.1 Å². The fourth-order valence-electron chi connectivity index (χ4n) is 4.17. The topological polar surface area (TPSA) is 87.5 Å². The molecule has 0 radical (unpaired) electrons. The number of nitrogens with one attached hydrogen (secondary N) is 1. The Labute approximate surface area is 178 Å². The molecule has 0 bridgehead atoms. The van der Waals surface area contributed by atoms with Crippen molar-refractivity contribution >= 4 is 29.0 Å². The number of benzene rings is 1. The Morgan fingerprint density at radius 1 is 1.33 bits per heavy atom. The number of amides is 1. The van der Waals surface area contributed by atoms with Crippen molar-refractivity contribution in [3.8, 4) is 0 Å². The number of hydrogen-bond donors (Lipinski definition) is 2. The molecule has 160 valence electrons. The van der Waals surface area contributed by atoms with Crippen molar-refractivity contribution in [1.82, 2.24) is 15.1 Å². The zero-order chi connectivity index (χ0) is 21.3. The molecule has 1 atom stereocenters. The molecular formula is C21H24ClFN4O3. The molecule has 0 saturated carbocycles. The van der Waals surface area contributed by atoms with Crippen molar-refractivity contribution in [1.29, 1.82) is 0 Å². The van der Waals surface area contributed by atoms with Gasteiger partial charge in [-0.1, -0.05) is 11.6 Å². The van der Waals surface area contributed by atoms with E-state index < -0.39 is 23.1 Å². The zero-order valence-corrected chi connectivity index (χ0v) is 17.2. The van der Waals surface area contributed by atoms with E-state index in [-0.39, 0.29) is 36.9 Å². The van der Waals surface area contributed by atoms with E-state index in [9.17, 15) is 19.1 Å². The molecular weight excluding hydrogens is 411 g/mol. The first-order valence-corrected chi connectivity index (χ1v) is 10.5. The number of Topliss-reactive ketones (excluding diaryl/α,β-unsaturated/α-hetero) is 1. The molecule has 2 fully saturated rings. The molecule has 7 nitrogen and oxygen atoms in total. The lowest BCUT2D eigenvalue weighted by molar-refractivity contribution is -0.147. The minimum Gasteiger partial charge on any atom is -0.373 e. The van der Waals surface area contributed by atoms with Crippen LogP contribution in [0.15, 0.2) is 30.6 Å². The Kier molecular flexibility index (Phi) is 5.90. The van der Waals surface area contributed by atoms with Crippen LogP contribution in [0.1, 0.15) is 37.3 Å². The average Bonchev–Trinajstić information content (AvgIpc) is 3.32. The normalized spacial score (nSPS) is 22.6. The summed E-state index contributed by atoms with van der Waals surface area (Å²) in [5.41, 5.74) is -0.935. The summed E-state index contributed by atoms with van der Waals surface area (Å²) in [4.78, 5) is 27.0. The van der Waals surface area contributed by atoms with Crippen LogP contribution in [0.4, 0.5) is 10.1 Å². The van der Waals surface area contributed by atoms with Crippen LogP contribution in [0.5, 0.6) is 0 Å². The van der Waals surface area contributed by atoms with Crippen LogP contribution in [0.2, 0.25) is 5.02 Å². The number of rotatable bonds is 6. The fourth-order valence-corrected chi connectivity index (χ4v) is 4.41. The first-order valence-electron chi connectivity index (χ1n) is 10.1. The number of carbonyl (C=O) groups is 2. The number of halogens is 2. The predicted molar refractivity (Wildman–Crippen MR) is 110 cm³/mol. The molecule has 1 unspecified atom stereocenters. The molecule has 30 heavy (non-hydrogen) atoms. The van der Waals surface area contributed by atoms with Crippen LogP contribution in [0, 0.1) is 5.82 Å². The highest BCUT2D eigenvalue weighted by Crippen LogP contribution is 2.31. The first kappa shape index (κ1) is 21.0. The summed E-state index contributed by atoms with van der Waals surface area (Å²) < 4.78 is 15.3. The Bertz CT molecular complexity index is 939. The van der Waals surface area contributed by atoms with Crippen LogP contribution < -0.4 is 10.2 Å². The minimum absolute atomic E-state index is 0.0209. The SMILES string of the molecule is O=C(CCc1cc(F)cc(Cl)c1)C1(O)CCN(c2cnn(C3CCNCC3)c2)C1=O.